The molecule has 3 heterocycles. The average Bonchev–Trinajstić information content (AvgIpc) is 3.56. The number of anilines is 1. The Morgan fingerprint density at radius 2 is 1.94 bits per heavy atom. The number of rotatable bonds is 6. The highest BCUT2D eigenvalue weighted by Crippen LogP contribution is 2.51. The predicted molar refractivity (Wildman–Crippen MR) is 126 cm³/mol. The van der Waals surface area contributed by atoms with Gasteiger partial charge in [0.05, 0.1) is 18.6 Å². The van der Waals surface area contributed by atoms with Gasteiger partial charge in [0.25, 0.3) is 0 Å². The number of fused-ring (bicyclic) bond motifs is 3. The number of likely N-dealkylation sites (N-methyl/N-ethyl adjacent to an activating group) is 1. The average molecular weight is 432 g/mol. The molecule has 2 bridgehead atoms. The second-order valence-corrected chi connectivity index (χ2v) is 10.2. The van der Waals surface area contributed by atoms with Gasteiger partial charge in [0.2, 0.25) is 5.91 Å². The van der Waals surface area contributed by atoms with Crippen LogP contribution in [-0.4, -0.2) is 32.1 Å². The van der Waals surface area contributed by atoms with E-state index in [0.29, 0.717) is 18.0 Å². The molecule has 2 N–H and O–H groups in total. The number of carbonyl (C=O) groups is 1. The van der Waals surface area contributed by atoms with Gasteiger partial charge >= 0.3 is 0 Å². The largest absolute Gasteiger partial charge is 0.496 e. The van der Waals surface area contributed by atoms with Crippen LogP contribution in [-0.2, 0) is 16.9 Å². The van der Waals surface area contributed by atoms with Crippen molar-refractivity contribution in [3.05, 3.63) is 59.2 Å². The van der Waals surface area contributed by atoms with E-state index in [-0.39, 0.29) is 17.4 Å². The van der Waals surface area contributed by atoms with E-state index < -0.39 is 0 Å². The molecule has 4 atom stereocenters. The molecule has 2 saturated heterocycles. The number of hydrogen-bond acceptors (Lipinski definition) is 4. The third-order valence-corrected chi connectivity index (χ3v) is 8.39. The number of piperidine rings is 1. The summed E-state index contributed by atoms with van der Waals surface area (Å²) in [6, 6.07) is 16.2. The lowest BCUT2D eigenvalue weighted by molar-refractivity contribution is -0.119. The van der Waals surface area contributed by atoms with Gasteiger partial charge in [-0.2, -0.15) is 0 Å². The van der Waals surface area contributed by atoms with Gasteiger partial charge in [-0.05, 0) is 67.7 Å². The molecule has 4 aliphatic rings. The number of amides is 1. The standard InChI is InChI=1S/C27H33N3O2/c1-30-22-14-18(23(32-2)15-21(22)25(26(30)31)17-8-9-17)16-28-24-11-10-20-12-13-27(24,29-20)19-6-4-3-5-7-19/h3-7,14-15,17,20,24-25,28-29H,8-13,16H2,1-2H3. The fourth-order valence-electron chi connectivity index (χ4n) is 6.53. The molecule has 5 heteroatoms. The number of methoxy groups -OCH3 is 1. The molecule has 0 radical (unpaired) electrons. The summed E-state index contributed by atoms with van der Waals surface area (Å²) in [4.78, 5) is 14.8. The van der Waals surface area contributed by atoms with E-state index in [1.807, 2.05) is 11.9 Å². The zero-order valence-electron chi connectivity index (χ0n) is 19.1. The summed E-state index contributed by atoms with van der Waals surface area (Å²) in [5.41, 5.74) is 4.73. The van der Waals surface area contributed by atoms with Crippen molar-refractivity contribution in [3.63, 3.8) is 0 Å². The van der Waals surface area contributed by atoms with Crippen LogP contribution < -0.4 is 20.3 Å². The lowest BCUT2D eigenvalue weighted by Crippen LogP contribution is -2.58. The molecule has 32 heavy (non-hydrogen) atoms. The normalized spacial score (nSPS) is 31.1. The van der Waals surface area contributed by atoms with Crippen LogP contribution in [0.1, 0.15) is 61.1 Å². The van der Waals surface area contributed by atoms with Crippen LogP contribution in [0.2, 0.25) is 0 Å². The van der Waals surface area contributed by atoms with Crippen LogP contribution in [0.5, 0.6) is 5.75 Å². The minimum absolute atomic E-state index is 0.00202. The van der Waals surface area contributed by atoms with Gasteiger partial charge in [0.1, 0.15) is 5.75 Å². The first kappa shape index (κ1) is 20.3. The summed E-state index contributed by atoms with van der Waals surface area (Å²) >= 11 is 0. The fraction of sp³-hybridized carbons (Fsp3) is 0.519. The monoisotopic (exact) mass is 431 g/mol. The molecule has 168 valence electrons. The number of hydrogen-bond donors (Lipinski definition) is 2. The van der Waals surface area contributed by atoms with Crippen LogP contribution in [0, 0.1) is 5.92 Å². The number of benzene rings is 2. The Kier molecular flexibility index (Phi) is 4.81. The fourth-order valence-corrected chi connectivity index (χ4v) is 6.53. The van der Waals surface area contributed by atoms with Crippen molar-refractivity contribution >= 4 is 11.6 Å². The van der Waals surface area contributed by atoms with Crippen molar-refractivity contribution in [2.45, 2.75) is 68.6 Å². The predicted octanol–water partition coefficient (Wildman–Crippen LogP) is 4.06. The van der Waals surface area contributed by atoms with Crippen LogP contribution in [0.25, 0.3) is 0 Å². The Bertz CT molecular complexity index is 1030. The Hall–Kier alpha value is -2.37. The van der Waals surface area contributed by atoms with E-state index in [0.717, 1.165) is 42.0 Å². The minimum Gasteiger partial charge on any atom is -0.496 e. The van der Waals surface area contributed by atoms with Gasteiger partial charge < -0.3 is 20.3 Å². The Balaban J connectivity index is 1.29. The molecule has 4 unspecified atom stereocenters. The maximum atomic E-state index is 12.9. The molecule has 3 fully saturated rings. The molecule has 6 rings (SSSR count). The molecule has 2 aromatic carbocycles. The third kappa shape index (κ3) is 3.09. The zero-order chi connectivity index (χ0) is 21.9. The van der Waals surface area contributed by atoms with Gasteiger partial charge in [0.15, 0.2) is 0 Å². The van der Waals surface area contributed by atoms with E-state index in [1.54, 1.807) is 7.11 Å². The highest BCUT2D eigenvalue weighted by Gasteiger charge is 2.49. The third-order valence-electron chi connectivity index (χ3n) is 8.39. The maximum Gasteiger partial charge on any atom is 0.234 e. The van der Waals surface area contributed by atoms with E-state index in [9.17, 15) is 4.79 Å². The number of nitrogens with zero attached hydrogens (tertiary/aromatic N) is 1. The van der Waals surface area contributed by atoms with Crippen LogP contribution in [0.15, 0.2) is 42.5 Å². The van der Waals surface area contributed by atoms with Crippen molar-refractivity contribution < 1.29 is 9.53 Å². The SMILES string of the molecule is COc1cc2c(cc1CNC1CCC3CCC1(c1ccccc1)N3)N(C)C(=O)C2C1CC1. The minimum atomic E-state index is -0.00202. The van der Waals surface area contributed by atoms with Gasteiger partial charge in [0, 0.05) is 36.9 Å². The molecular weight excluding hydrogens is 398 g/mol. The molecule has 5 nitrogen and oxygen atoms in total. The maximum absolute atomic E-state index is 12.9. The van der Waals surface area contributed by atoms with Crippen molar-refractivity contribution in [1.29, 1.82) is 0 Å². The van der Waals surface area contributed by atoms with Crippen LogP contribution in [0.4, 0.5) is 5.69 Å². The summed E-state index contributed by atoms with van der Waals surface area (Å²) in [6.45, 7) is 0.734. The Morgan fingerprint density at radius 1 is 1.12 bits per heavy atom. The van der Waals surface area contributed by atoms with Gasteiger partial charge in [-0.25, -0.2) is 0 Å². The van der Waals surface area contributed by atoms with E-state index in [4.69, 9.17) is 4.74 Å². The summed E-state index contributed by atoms with van der Waals surface area (Å²) in [5, 5.41) is 7.87. The zero-order valence-corrected chi connectivity index (χ0v) is 19.1. The number of ether oxygens (including phenoxy) is 1. The molecule has 1 amide bonds. The first-order valence-electron chi connectivity index (χ1n) is 12.2. The summed E-state index contributed by atoms with van der Waals surface area (Å²) < 4.78 is 5.82. The molecule has 3 aliphatic heterocycles. The van der Waals surface area contributed by atoms with E-state index >= 15 is 0 Å². The Morgan fingerprint density at radius 3 is 2.69 bits per heavy atom. The second kappa shape index (κ2) is 7.60. The van der Waals surface area contributed by atoms with Crippen molar-refractivity contribution in [3.8, 4) is 5.75 Å². The molecular formula is C27H33N3O2. The van der Waals surface area contributed by atoms with Crippen LogP contribution >= 0.6 is 0 Å². The van der Waals surface area contributed by atoms with E-state index in [1.165, 1.54) is 31.2 Å². The van der Waals surface area contributed by atoms with Gasteiger partial charge in [-0.1, -0.05) is 30.3 Å². The lowest BCUT2D eigenvalue weighted by atomic mass is 9.79. The molecule has 1 saturated carbocycles. The quantitative estimate of drug-likeness (QED) is 0.724. The number of nitrogens with one attached hydrogen (secondary N) is 2. The van der Waals surface area contributed by atoms with Crippen molar-refractivity contribution in [2.24, 2.45) is 5.92 Å². The number of carbonyl (C=O) groups excluding carboxylic acids is 1. The van der Waals surface area contributed by atoms with Crippen molar-refractivity contribution in [1.82, 2.24) is 10.6 Å². The Labute approximate surface area is 190 Å². The van der Waals surface area contributed by atoms with Gasteiger partial charge in [-0.3, -0.25) is 4.79 Å². The molecule has 0 spiro atoms. The molecule has 1 aliphatic carbocycles. The topological polar surface area (TPSA) is 53.6 Å². The van der Waals surface area contributed by atoms with Gasteiger partial charge in [-0.15, -0.1) is 0 Å². The summed E-state index contributed by atoms with van der Waals surface area (Å²) in [6.07, 6.45) is 7.11. The highest BCUT2D eigenvalue weighted by atomic mass is 16.5. The first-order valence-corrected chi connectivity index (χ1v) is 12.2. The molecule has 2 aromatic rings. The first-order chi connectivity index (χ1) is 15.6. The lowest BCUT2D eigenvalue weighted by Gasteiger charge is -2.43. The highest BCUT2D eigenvalue weighted by molar-refractivity contribution is 6.05. The smallest absolute Gasteiger partial charge is 0.234 e. The summed E-state index contributed by atoms with van der Waals surface area (Å²) in [7, 11) is 3.66. The van der Waals surface area contributed by atoms with E-state index in [2.05, 4.69) is 53.1 Å². The van der Waals surface area contributed by atoms with Crippen LogP contribution in [0.3, 0.4) is 0 Å². The summed E-state index contributed by atoms with van der Waals surface area (Å²) in [5.74, 6) is 1.66. The molecule has 0 aromatic heterocycles. The second-order valence-electron chi connectivity index (χ2n) is 10.2. The van der Waals surface area contributed by atoms with Crippen molar-refractivity contribution in [2.75, 3.05) is 19.1 Å².